The topological polar surface area (TPSA) is 29.1 Å². The second-order valence-corrected chi connectivity index (χ2v) is 1.77. The summed E-state index contributed by atoms with van der Waals surface area (Å²) in [6, 6.07) is 0. The normalized spacial score (nSPS) is 8.75. The summed E-state index contributed by atoms with van der Waals surface area (Å²) in [5.74, 6) is 0.553. The van der Waals surface area contributed by atoms with Crippen molar-refractivity contribution in [3.8, 4) is 0 Å². The highest BCUT2D eigenvalue weighted by atomic mass is 35.5. The van der Waals surface area contributed by atoms with Crippen LogP contribution in [-0.4, -0.2) is 18.3 Å². The van der Waals surface area contributed by atoms with E-state index in [1.165, 1.54) is 0 Å². The molecule has 48 valence electrons. The molecule has 0 aromatic heterocycles. The molecular formula is C5H10ClNO. The van der Waals surface area contributed by atoms with Crippen molar-refractivity contribution in [2.45, 2.75) is 13.3 Å². The number of hydrogen-bond donors (Lipinski definition) is 1. The van der Waals surface area contributed by atoms with Crippen molar-refractivity contribution >= 4 is 17.5 Å². The largest absolute Gasteiger partial charge is 0.355 e. The van der Waals surface area contributed by atoms with Crippen molar-refractivity contribution < 1.29 is 4.79 Å². The zero-order valence-corrected chi connectivity index (χ0v) is 5.66. The van der Waals surface area contributed by atoms with E-state index >= 15 is 0 Å². The zero-order chi connectivity index (χ0) is 6.41. The fourth-order valence-electron chi connectivity index (χ4n) is 0.312. The predicted octanol–water partition coefficient (Wildman–Crippen LogP) is 0.751. The molecule has 0 saturated heterocycles. The van der Waals surface area contributed by atoms with Gasteiger partial charge in [-0.3, -0.25) is 4.79 Å². The second-order valence-electron chi connectivity index (χ2n) is 1.39. The van der Waals surface area contributed by atoms with Crippen molar-refractivity contribution in [1.29, 1.82) is 0 Å². The van der Waals surface area contributed by atoms with Crippen LogP contribution in [0.4, 0.5) is 0 Å². The van der Waals surface area contributed by atoms with Gasteiger partial charge in [0.05, 0.1) is 0 Å². The molecule has 0 aliphatic carbocycles. The van der Waals surface area contributed by atoms with Gasteiger partial charge in [-0.2, -0.15) is 0 Å². The van der Waals surface area contributed by atoms with E-state index in [4.69, 9.17) is 11.6 Å². The molecule has 0 atom stereocenters. The monoisotopic (exact) mass is 135 g/mol. The van der Waals surface area contributed by atoms with E-state index in [0.717, 1.165) is 0 Å². The van der Waals surface area contributed by atoms with Crippen LogP contribution in [0, 0.1) is 0 Å². The van der Waals surface area contributed by atoms with Crippen molar-refractivity contribution in [1.82, 2.24) is 5.32 Å². The van der Waals surface area contributed by atoms with E-state index < -0.39 is 0 Å². The van der Waals surface area contributed by atoms with Crippen molar-refractivity contribution in [2.75, 3.05) is 12.4 Å². The number of amides is 1. The minimum atomic E-state index is 0.0608. The Bertz CT molecular complexity index is 74.8. The van der Waals surface area contributed by atoms with Gasteiger partial charge in [-0.15, -0.1) is 11.6 Å². The molecule has 0 spiro atoms. The first kappa shape index (κ1) is 7.76. The van der Waals surface area contributed by atoms with Gasteiger partial charge in [-0.05, 0) is 0 Å². The number of hydrogen-bond acceptors (Lipinski definition) is 1. The zero-order valence-electron chi connectivity index (χ0n) is 4.91. The third-order valence-corrected chi connectivity index (χ3v) is 0.927. The number of nitrogens with one attached hydrogen (secondary N) is 1. The summed E-state index contributed by atoms with van der Waals surface area (Å²) in [5.41, 5.74) is 0. The summed E-state index contributed by atoms with van der Waals surface area (Å²) in [6.45, 7) is 2.39. The maximum atomic E-state index is 10.4. The highest BCUT2D eigenvalue weighted by molar-refractivity contribution is 6.18. The minimum absolute atomic E-state index is 0.0608. The van der Waals surface area contributed by atoms with Gasteiger partial charge < -0.3 is 5.32 Å². The molecule has 0 bridgehead atoms. The first-order valence-electron chi connectivity index (χ1n) is 2.64. The SMILES string of the molecule is CCC(=O)NCCCl. The van der Waals surface area contributed by atoms with Crippen LogP contribution in [0.3, 0.4) is 0 Å². The molecule has 0 saturated carbocycles. The molecule has 0 fully saturated rings. The van der Waals surface area contributed by atoms with Crippen LogP contribution in [0.1, 0.15) is 13.3 Å². The molecule has 0 aliphatic rings. The smallest absolute Gasteiger partial charge is 0.219 e. The van der Waals surface area contributed by atoms with Gasteiger partial charge in [-0.1, -0.05) is 6.92 Å². The van der Waals surface area contributed by atoms with Crippen LogP contribution in [0.15, 0.2) is 0 Å². The summed E-state index contributed by atoms with van der Waals surface area (Å²) in [6.07, 6.45) is 0.539. The lowest BCUT2D eigenvalue weighted by atomic mass is 10.4. The molecule has 0 rings (SSSR count). The van der Waals surface area contributed by atoms with E-state index in [1.54, 1.807) is 0 Å². The fourth-order valence-corrected chi connectivity index (χ4v) is 0.406. The molecule has 0 aromatic carbocycles. The van der Waals surface area contributed by atoms with Gasteiger partial charge in [0, 0.05) is 18.8 Å². The Balaban J connectivity index is 2.99. The third-order valence-electron chi connectivity index (χ3n) is 0.738. The molecule has 1 N–H and O–H groups in total. The molecule has 3 heteroatoms. The molecule has 0 aromatic rings. The fraction of sp³-hybridized carbons (Fsp3) is 0.800. The first-order valence-corrected chi connectivity index (χ1v) is 3.17. The molecular weight excluding hydrogens is 126 g/mol. The summed E-state index contributed by atoms with van der Waals surface area (Å²) in [7, 11) is 0. The summed E-state index contributed by atoms with van der Waals surface area (Å²) in [5, 5.41) is 2.61. The average Bonchev–Trinajstić information content (AvgIpc) is 1.83. The molecule has 0 radical (unpaired) electrons. The Labute approximate surface area is 54.2 Å². The van der Waals surface area contributed by atoms with Crippen molar-refractivity contribution in [3.05, 3.63) is 0 Å². The van der Waals surface area contributed by atoms with Crippen LogP contribution in [0.5, 0.6) is 0 Å². The molecule has 8 heavy (non-hydrogen) atoms. The van der Waals surface area contributed by atoms with Crippen LogP contribution >= 0.6 is 11.6 Å². The van der Waals surface area contributed by atoms with Gasteiger partial charge in [0.1, 0.15) is 0 Å². The Morgan fingerprint density at radius 2 is 2.38 bits per heavy atom. The van der Waals surface area contributed by atoms with E-state index in [0.29, 0.717) is 18.8 Å². The predicted molar refractivity (Wildman–Crippen MR) is 34.0 cm³/mol. The standard InChI is InChI=1S/C5H10ClNO/c1-2-5(8)7-4-3-6/h2-4H2,1H3,(H,7,8). The summed E-state index contributed by atoms with van der Waals surface area (Å²) in [4.78, 5) is 10.4. The van der Waals surface area contributed by atoms with Gasteiger partial charge in [0.25, 0.3) is 0 Å². The Hall–Kier alpha value is -0.240. The quantitative estimate of drug-likeness (QED) is 0.569. The van der Waals surface area contributed by atoms with E-state index in [9.17, 15) is 4.79 Å². The number of carbonyl (C=O) groups excluding carboxylic acids is 1. The summed E-state index contributed by atoms with van der Waals surface area (Å²) >= 11 is 5.29. The maximum absolute atomic E-state index is 10.4. The van der Waals surface area contributed by atoms with Crippen LogP contribution in [0.2, 0.25) is 0 Å². The number of carbonyl (C=O) groups is 1. The van der Waals surface area contributed by atoms with Crippen LogP contribution < -0.4 is 5.32 Å². The van der Waals surface area contributed by atoms with E-state index in [1.807, 2.05) is 6.92 Å². The second kappa shape index (κ2) is 4.91. The average molecular weight is 136 g/mol. The van der Waals surface area contributed by atoms with Gasteiger partial charge in [0.15, 0.2) is 0 Å². The lowest BCUT2D eigenvalue weighted by molar-refractivity contribution is -0.120. The maximum Gasteiger partial charge on any atom is 0.219 e. The number of alkyl halides is 1. The minimum Gasteiger partial charge on any atom is -0.355 e. The van der Waals surface area contributed by atoms with Gasteiger partial charge in [0.2, 0.25) is 5.91 Å². The molecule has 0 unspecified atom stereocenters. The van der Waals surface area contributed by atoms with Gasteiger partial charge >= 0.3 is 0 Å². The number of rotatable bonds is 3. The molecule has 2 nitrogen and oxygen atoms in total. The molecule has 0 heterocycles. The lowest BCUT2D eigenvalue weighted by Crippen LogP contribution is -2.23. The highest BCUT2D eigenvalue weighted by Gasteiger charge is 1.91. The lowest BCUT2D eigenvalue weighted by Gasteiger charge is -1.96. The van der Waals surface area contributed by atoms with Gasteiger partial charge in [-0.25, -0.2) is 0 Å². The molecule has 1 amide bonds. The van der Waals surface area contributed by atoms with E-state index in [2.05, 4.69) is 5.32 Å². The van der Waals surface area contributed by atoms with Crippen LogP contribution in [0.25, 0.3) is 0 Å². The van der Waals surface area contributed by atoms with Crippen LogP contribution in [-0.2, 0) is 4.79 Å². The van der Waals surface area contributed by atoms with Crippen molar-refractivity contribution in [2.24, 2.45) is 0 Å². The summed E-state index contributed by atoms with van der Waals surface area (Å²) < 4.78 is 0. The highest BCUT2D eigenvalue weighted by Crippen LogP contribution is 1.75. The Morgan fingerprint density at radius 1 is 1.75 bits per heavy atom. The van der Waals surface area contributed by atoms with Crippen molar-refractivity contribution in [3.63, 3.8) is 0 Å². The molecule has 0 aliphatic heterocycles. The Morgan fingerprint density at radius 3 is 2.75 bits per heavy atom. The third kappa shape index (κ3) is 3.93. The first-order chi connectivity index (χ1) is 3.81. The van der Waals surface area contributed by atoms with E-state index in [-0.39, 0.29) is 5.91 Å². The Kier molecular flexibility index (Phi) is 4.76. The number of halogens is 1.